The summed E-state index contributed by atoms with van der Waals surface area (Å²) in [6, 6.07) is 15.7. The lowest BCUT2D eigenvalue weighted by atomic mass is 9.85. The van der Waals surface area contributed by atoms with E-state index in [1.807, 2.05) is 30.3 Å². The van der Waals surface area contributed by atoms with Crippen LogP contribution in [0.15, 0.2) is 54.6 Å². The van der Waals surface area contributed by atoms with Crippen molar-refractivity contribution < 1.29 is 18.8 Å². The molecule has 0 radical (unpaired) electrons. The molecule has 5 rings (SSSR count). The molecule has 3 amide bonds. The number of halogens is 1. The number of likely N-dealkylation sites (tertiary alicyclic amines) is 1. The lowest BCUT2D eigenvalue weighted by Gasteiger charge is -2.43. The summed E-state index contributed by atoms with van der Waals surface area (Å²) in [6.45, 7) is 1.69. The third-order valence-corrected chi connectivity index (χ3v) is 8.21. The summed E-state index contributed by atoms with van der Waals surface area (Å²) in [5.74, 6) is -0.585. The van der Waals surface area contributed by atoms with Gasteiger partial charge in [0.2, 0.25) is 5.91 Å². The number of hydrogen-bond donors (Lipinski definition) is 1. The highest BCUT2D eigenvalue weighted by Gasteiger charge is 2.54. The molecule has 8 heteroatoms. The molecule has 2 aliphatic heterocycles. The van der Waals surface area contributed by atoms with E-state index in [0.717, 1.165) is 18.5 Å². The molecule has 1 N–H and O–H groups in total. The van der Waals surface area contributed by atoms with Gasteiger partial charge in [0.1, 0.15) is 17.9 Å². The second-order valence-electron chi connectivity index (χ2n) is 10.5. The smallest absolute Gasteiger partial charge is 0.256 e. The molecule has 37 heavy (non-hydrogen) atoms. The van der Waals surface area contributed by atoms with Gasteiger partial charge in [-0.15, -0.1) is 0 Å². The summed E-state index contributed by atoms with van der Waals surface area (Å²) in [5, 5.41) is 3.05. The number of amides is 3. The minimum Gasteiger partial charge on any atom is -0.354 e. The Kier molecular flexibility index (Phi) is 7.44. The Hall–Kier alpha value is -3.42. The molecule has 1 aliphatic carbocycles. The van der Waals surface area contributed by atoms with E-state index in [2.05, 4.69) is 10.2 Å². The van der Waals surface area contributed by atoms with Crippen molar-refractivity contribution in [1.29, 1.82) is 0 Å². The summed E-state index contributed by atoms with van der Waals surface area (Å²) in [4.78, 5) is 45.0. The monoisotopic (exact) mass is 506 g/mol. The number of anilines is 1. The zero-order chi connectivity index (χ0) is 25.8. The molecule has 0 bridgehead atoms. The minimum atomic E-state index is -0.836. The summed E-state index contributed by atoms with van der Waals surface area (Å²) in [5.41, 5.74) is 0.124. The molecule has 1 spiro atoms. The van der Waals surface area contributed by atoms with Gasteiger partial charge in [0.15, 0.2) is 0 Å². The van der Waals surface area contributed by atoms with Gasteiger partial charge in [-0.1, -0.05) is 49.6 Å². The normalized spacial score (nSPS) is 19.9. The van der Waals surface area contributed by atoms with Crippen LogP contribution in [0.2, 0.25) is 0 Å². The number of para-hydroxylation sites is 1. The van der Waals surface area contributed by atoms with Crippen LogP contribution in [0.3, 0.4) is 0 Å². The van der Waals surface area contributed by atoms with Gasteiger partial charge >= 0.3 is 0 Å². The molecule has 2 heterocycles. The molecule has 7 nitrogen and oxygen atoms in total. The van der Waals surface area contributed by atoms with E-state index < -0.39 is 11.4 Å². The fourth-order valence-electron chi connectivity index (χ4n) is 6.09. The van der Waals surface area contributed by atoms with E-state index in [9.17, 15) is 18.8 Å². The second kappa shape index (κ2) is 10.9. The number of benzene rings is 2. The van der Waals surface area contributed by atoms with Crippen LogP contribution in [0.5, 0.6) is 0 Å². The fraction of sp³-hybridized carbons (Fsp3) is 0.483. The predicted molar refractivity (Wildman–Crippen MR) is 139 cm³/mol. The van der Waals surface area contributed by atoms with Gasteiger partial charge in [0.05, 0.1) is 12.2 Å². The van der Waals surface area contributed by atoms with E-state index in [0.29, 0.717) is 45.1 Å². The molecule has 0 aromatic heterocycles. The van der Waals surface area contributed by atoms with E-state index in [1.54, 1.807) is 21.9 Å². The van der Waals surface area contributed by atoms with Crippen molar-refractivity contribution in [3.63, 3.8) is 0 Å². The SMILES string of the molecule is O=C(CN1CN(c2ccccc2)C2(CCN(C(=O)c3ccccc3F)CC2)C1=O)NCC1CCCCC1. The van der Waals surface area contributed by atoms with Crippen molar-refractivity contribution >= 4 is 23.4 Å². The van der Waals surface area contributed by atoms with Crippen LogP contribution >= 0.6 is 0 Å². The van der Waals surface area contributed by atoms with Crippen LogP contribution in [-0.2, 0) is 9.59 Å². The Morgan fingerprint density at radius 3 is 2.32 bits per heavy atom. The number of piperidine rings is 1. The van der Waals surface area contributed by atoms with E-state index >= 15 is 0 Å². The minimum absolute atomic E-state index is 0.0223. The number of rotatable bonds is 6. The van der Waals surface area contributed by atoms with Gasteiger partial charge in [0.25, 0.3) is 11.8 Å². The standard InChI is InChI=1S/C29H35FN4O3/c30-25-14-8-7-13-24(25)27(36)32-17-15-29(16-18-32)28(37)33(21-34(29)23-11-5-2-6-12-23)20-26(35)31-19-22-9-3-1-4-10-22/h2,5-8,11-14,22H,1,3-4,9-10,15-21H2,(H,31,35). The number of carbonyl (C=O) groups excluding carboxylic acids is 3. The Labute approximate surface area is 217 Å². The predicted octanol–water partition coefficient (Wildman–Crippen LogP) is 3.80. The highest BCUT2D eigenvalue weighted by Crippen LogP contribution is 2.39. The fourth-order valence-corrected chi connectivity index (χ4v) is 6.09. The van der Waals surface area contributed by atoms with Crippen molar-refractivity contribution in [2.75, 3.05) is 37.7 Å². The second-order valence-corrected chi connectivity index (χ2v) is 10.5. The topological polar surface area (TPSA) is 73.0 Å². The van der Waals surface area contributed by atoms with E-state index in [1.165, 1.54) is 31.4 Å². The first-order chi connectivity index (χ1) is 18.0. The molecule has 1 saturated carbocycles. The van der Waals surface area contributed by atoms with Crippen molar-refractivity contribution in [3.05, 3.63) is 66.0 Å². The lowest BCUT2D eigenvalue weighted by Crippen LogP contribution is -2.57. The average Bonchev–Trinajstić information content (AvgIpc) is 3.19. The molecule has 2 saturated heterocycles. The first-order valence-electron chi connectivity index (χ1n) is 13.4. The van der Waals surface area contributed by atoms with Gasteiger partial charge in [-0.3, -0.25) is 14.4 Å². The zero-order valence-corrected chi connectivity index (χ0v) is 21.2. The molecular weight excluding hydrogens is 471 g/mol. The highest BCUT2D eigenvalue weighted by molar-refractivity contribution is 5.97. The van der Waals surface area contributed by atoms with Gasteiger partial charge in [0, 0.05) is 25.3 Å². The van der Waals surface area contributed by atoms with Gasteiger partial charge in [-0.05, 0) is 55.9 Å². The van der Waals surface area contributed by atoms with Gasteiger partial charge < -0.3 is 20.0 Å². The maximum Gasteiger partial charge on any atom is 0.256 e. The van der Waals surface area contributed by atoms with Crippen LogP contribution < -0.4 is 10.2 Å². The van der Waals surface area contributed by atoms with Crippen molar-refractivity contribution in [3.8, 4) is 0 Å². The summed E-state index contributed by atoms with van der Waals surface area (Å²) in [7, 11) is 0. The van der Waals surface area contributed by atoms with Gasteiger partial charge in [-0.25, -0.2) is 4.39 Å². The third-order valence-electron chi connectivity index (χ3n) is 8.21. The summed E-state index contributed by atoms with van der Waals surface area (Å²) >= 11 is 0. The number of nitrogens with zero attached hydrogens (tertiary/aromatic N) is 3. The molecule has 2 aromatic rings. The van der Waals surface area contributed by atoms with Crippen molar-refractivity contribution in [2.24, 2.45) is 5.92 Å². The molecule has 3 aliphatic rings. The zero-order valence-electron chi connectivity index (χ0n) is 21.2. The Morgan fingerprint density at radius 2 is 1.62 bits per heavy atom. The quantitative estimate of drug-likeness (QED) is 0.647. The summed E-state index contributed by atoms with van der Waals surface area (Å²) < 4.78 is 14.2. The average molecular weight is 507 g/mol. The molecule has 0 unspecified atom stereocenters. The largest absolute Gasteiger partial charge is 0.354 e. The lowest BCUT2D eigenvalue weighted by molar-refractivity contribution is -0.137. The van der Waals surface area contributed by atoms with Crippen LogP contribution in [0.4, 0.5) is 10.1 Å². The van der Waals surface area contributed by atoms with Gasteiger partial charge in [-0.2, -0.15) is 0 Å². The maximum atomic E-state index is 14.2. The van der Waals surface area contributed by atoms with E-state index in [-0.39, 0.29) is 29.8 Å². The van der Waals surface area contributed by atoms with Crippen molar-refractivity contribution in [1.82, 2.24) is 15.1 Å². The molecule has 0 atom stereocenters. The molecular formula is C29H35FN4O3. The first kappa shape index (κ1) is 25.2. The highest BCUT2D eigenvalue weighted by atomic mass is 19.1. The maximum absolute atomic E-state index is 14.2. The Bertz CT molecular complexity index is 1130. The number of hydrogen-bond acceptors (Lipinski definition) is 4. The van der Waals surface area contributed by atoms with Crippen LogP contribution in [-0.4, -0.2) is 65.9 Å². The number of carbonyl (C=O) groups is 3. The van der Waals surface area contributed by atoms with Crippen molar-refractivity contribution in [2.45, 2.75) is 50.5 Å². The van der Waals surface area contributed by atoms with Crippen LogP contribution in [0.1, 0.15) is 55.3 Å². The Morgan fingerprint density at radius 1 is 0.946 bits per heavy atom. The van der Waals surface area contributed by atoms with Crippen LogP contribution in [0, 0.1) is 11.7 Å². The molecule has 196 valence electrons. The summed E-state index contributed by atoms with van der Waals surface area (Å²) in [6.07, 6.45) is 6.84. The van der Waals surface area contributed by atoms with E-state index in [4.69, 9.17) is 0 Å². The number of nitrogens with one attached hydrogen (secondary N) is 1. The third kappa shape index (κ3) is 5.20. The Balaban J connectivity index is 1.29. The molecule has 2 aromatic carbocycles. The van der Waals surface area contributed by atoms with Crippen LogP contribution in [0.25, 0.3) is 0 Å². The first-order valence-corrected chi connectivity index (χ1v) is 13.4. The molecule has 3 fully saturated rings.